The molecule has 0 saturated heterocycles. The first-order valence-electron chi connectivity index (χ1n) is 10.3. The normalized spacial score (nSPS) is 19.1. The lowest BCUT2D eigenvalue weighted by Gasteiger charge is -2.29. The molecule has 1 fully saturated rings. The van der Waals surface area contributed by atoms with Crippen LogP contribution in [0.4, 0.5) is 0 Å². The lowest BCUT2D eigenvalue weighted by atomic mass is 9.82. The van der Waals surface area contributed by atoms with Crippen molar-refractivity contribution in [3.63, 3.8) is 0 Å². The van der Waals surface area contributed by atoms with Crippen LogP contribution in [0.3, 0.4) is 0 Å². The molecule has 0 unspecified atom stereocenters. The molecule has 150 valence electrons. The van der Waals surface area contributed by atoms with Gasteiger partial charge in [0.05, 0.1) is 18.4 Å². The van der Waals surface area contributed by atoms with Crippen LogP contribution in [0.25, 0.3) is 0 Å². The molecule has 0 aliphatic heterocycles. The van der Waals surface area contributed by atoms with E-state index < -0.39 is 0 Å². The summed E-state index contributed by atoms with van der Waals surface area (Å²) in [5, 5.41) is 0. The summed E-state index contributed by atoms with van der Waals surface area (Å²) in [5.41, 5.74) is 3.54. The molecule has 0 bridgehead atoms. The Kier molecular flexibility index (Phi) is 6.96. The third kappa shape index (κ3) is 5.68. The molecular weight excluding hydrogens is 426 g/mol. The highest BCUT2D eigenvalue weighted by molar-refractivity contribution is 9.10. The number of benzene rings is 2. The Morgan fingerprint density at radius 2 is 1.69 bits per heavy atom. The summed E-state index contributed by atoms with van der Waals surface area (Å²) >= 11 is 3.54. The van der Waals surface area contributed by atoms with Crippen molar-refractivity contribution in [2.45, 2.75) is 50.9 Å². The molecule has 1 aliphatic rings. The first-order valence-corrected chi connectivity index (χ1v) is 11.0. The van der Waals surface area contributed by atoms with Crippen LogP contribution in [-0.4, -0.2) is 11.1 Å². The first kappa shape index (κ1) is 20.1. The van der Waals surface area contributed by atoms with Crippen molar-refractivity contribution >= 4 is 15.9 Å². The summed E-state index contributed by atoms with van der Waals surface area (Å²) in [6, 6.07) is 22.8. The van der Waals surface area contributed by atoms with Crippen molar-refractivity contribution in [3.8, 4) is 5.75 Å². The number of hydrogen-bond acceptors (Lipinski definition) is 3. The van der Waals surface area contributed by atoms with Crippen LogP contribution in [0.2, 0.25) is 0 Å². The Bertz CT molecular complexity index is 907. The van der Waals surface area contributed by atoms with Crippen molar-refractivity contribution in [2.24, 2.45) is 0 Å². The van der Waals surface area contributed by atoms with Gasteiger partial charge >= 0.3 is 0 Å². The van der Waals surface area contributed by atoms with E-state index in [2.05, 4.69) is 51.2 Å². The molecule has 1 heterocycles. The molecule has 0 spiro atoms. The van der Waals surface area contributed by atoms with Crippen LogP contribution < -0.4 is 4.74 Å². The summed E-state index contributed by atoms with van der Waals surface area (Å²) in [5.74, 6) is 1.53. The molecule has 3 nitrogen and oxygen atoms in total. The number of ether oxygens (including phenoxy) is 2. The molecule has 29 heavy (non-hydrogen) atoms. The predicted molar refractivity (Wildman–Crippen MR) is 119 cm³/mol. The lowest BCUT2D eigenvalue weighted by molar-refractivity contribution is 0.0115. The maximum absolute atomic E-state index is 6.13. The van der Waals surface area contributed by atoms with E-state index >= 15 is 0 Å². The van der Waals surface area contributed by atoms with Crippen molar-refractivity contribution in [1.82, 2.24) is 4.98 Å². The maximum atomic E-state index is 6.13. The molecular formula is C25H26BrNO2. The van der Waals surface area contributed by atoms with Gasteiger partial charge in [0.1, 0.15) is 12.4 Å². The SMILES string of the molecule is Brc1cccnc1COC1CCC(c2cccc(OCc3ccccc3)c2)CC1. The number of aromatic nitrogens is 1. The number of pyridine rings is 1. The third-order valence-electron chi connectivity index (χ3n) is 5.54. The molecule has 0 amide bonds. The largest absolute Gasteiger partial charge is 0.489 e. The van der Waals surface area contributed by atoms with Gasteiger partial charge in [0.15, 0.2) is 0 Å². The van der Waals surface area contributed by atoms with Gasteiger partial charge in [0, 0.05) is 10.7 Å². The van der Waals surface area contributed by atoms with Gasteiger partial charge in [-0.2, -0.15) is 0 Å². The van der Waals surface area contributed by atoms with E-state index in [4.69, 9.17) is 9.47 Å². The molecule has 4 rings (SSSR count). The fourth-order valence-corrected chi connectivity index (χ4v) is 4.25. The average Bonchev–Trinajstić information content (AvgIpc) is 2.78. The summed E-state index contributed by atoms with van der Waals surface area (Å²) in [6.07, 6.45) is 6.60. The number of rotatable bonds is 7. The fraction of sp³-hybridized carbons (Fsp3) is 0.320. The Morgan fingerprint density at radius 1 is 0.862 bits per heavy atom. The van der Waals surface area contributed by atoms with E-state index in [1.54, 1.807) is 0 Å². The maximum Gasteiger partial charge on any atom is 0.120 e. The average molecular weight is 452 g/mol. The molecule has 1 aromatic heterocycles. The van der Waals surface area contributed by atoms with Crippen LogP contribution >= 0.6 is 15.9 Å². The number of hydrogen-bond donors (Lipinski definition) is 0. The summed E-state index contributed by atoms with van der Waals surface area (Å²) in [6.45, 7) is 1.17. The molecule has 1 aliphatic carbocycles. The van der Waals surface area contributed by atoms with Gasteiger partial charge in [-0.3, -0.25) is 4.98 Å². The van der Waals surface area contributed by atoms with Gasteiger partial charge in [-0.15, -0.1) is 0 Å². The topological polar surface area (TPSA) is 31.4 Å². The van der Waals surface area contributed by atoms with E-state index in [0.29, 0.717) is 25.2 Å². The van der Waals surface area contributed by atoms with Gasteiger partial charge in [0.2, 0.25) is 0 Å². The smallest absolute Gasteiger partial charge is 0.120 e. The molecule has 1 saturated carbocycles. The van der Waals surface area contributed by atoms with Crippen LogP contribution in [0.15, 0.2) is 77.4 Å². The number of halogens is 1. The predicted octanol–water partition coefficient (Wildman–Crippen LogP) is 6.67. The summed E-state index contributed by atoms with van der Waals surface area (Å²) in [7, 11) is 0. The second-order valence-corrected chi connectivity index (χ2v) is 8.42. The summed E-state index contributed by atoms with van der Waals surface area (Å²) < 4.78 is 13.2. The van der Waals surface area contributed by atoms with Gasteiger partial charge in [-0.25, -0.2) is 0 Å². The van der Waals surface area contributed by atoms with Crippen LogP contribution in [0, 0.1) is 0 Å². The Hall–Kier alpha value is -2.17. The first-order chi connectivity index (χ1) is 14.3. The minimum atomic E-state index is 0.317. The molecule has 4 heteroatoms. The van der Waals surface area contributed by atoms with Crippen molar-refractivity contribution < 1.29 is 9.47 Å². The highest BCUT2D eigenvalue weighted by Crippen LogP contribution is 2.35. The quantitative estimate of drug-likeness (QED) is 0.401. The summed E-state index contributed by atoms with van der Waals surface area (Å²) in [4.78, 5) is 4.39. The molecule has 0 radical (unpaired) electrons. The second kappa shape index (κ2) is 10.0. The van der Waals surface area contributed by atoms with Crippen LogP contribution in [0.5, 0.6) is 5.75 Å². The monoisotopic (exact) mass is 451 g/mol. The Morgan fingerprint density at radius 3 is 2.48 bits per heavy atom. The molecule has 0 atom stereocenters. The molecule has 0 N–H and O–H groups in total. The van der Waals surface area contributed by atoms with Gasteiger partial charge in [-0.1, -0.05) is 42.5 Å². The molecule has 3 aromatic rings. The zero-order valence-electron chi connectivity index (χ0n) is 16.5. The Labute approximate surface area is 181 Å². The third-order valence-corrected chi connectivity index (χ3v) is 6.26. The van der Waals surface area contributed by atoms with Crippen molar-refractivity contribution in [3.05, 3.63) is 94.2 Å². The minimum absolute atomic E-state index is 0.317. The van der Waals surface area contributed by atoms with Crippen LogP contribution in [0.1, 0.15) is 48.4 Å². The van der Waals surface area contributed by atoms with Gasteiger partial charge in [-0.05, 0) is 82.9 Å². The van der Waals surface area contributed by atoms with E-state index in [-0.39, 0.29) is 0 Å². The van der Waals surface area contributed by atoms with Crippen LogP contribution in [-0.2, 0) is 18.0 Å². The second-order valence-electron chi connectivity index (χ2n) is 7.56. The highest BCUT2D eigenvalue weighted by atomic mass is 79.9. The highest BCUT2D eigenvalue weighted by Gasteiger charge is 2.23. The number of nitrogens with zero attached hydrogens (tertiary/aromatic N) is 1. The van der Waals surface area contributed by atoms with Crippen molar-refractivity contribution in [2.75, 3.05) is 0 Å². The van der Waals surface area contributed by atoms with E-state index in [0.717, 1.165) is 41.6 Å². The van der Waals surface area contributed by atoms with E-state index in [9.17, 15) is 0 Å². The molecule has 2 aromatic carbocycles. The minimum Gasteiger partial charge on any atom is -0.489 e. The van der Waals surface area contributed by atoms with Gasteiger partial charge < -0.3 is 9.47 Å². The van der Waals surface area contributed by atoms with Gasteiger partial charge in [0.25, 0.3) is 0 Å². The lowest BCUT2D eigenvalue weighted by Crippen LogP contribution is -2.21. The Balaban J connectivity index is 1.27. The zero-order chi connectivity index (χ0) is 19.9. The van der Waals surface area contributed by atoms with E-state index in [1.165, 1.54) is 11.1 Å². The van der Waals surface area contributed by atoms with Crippen molar-refractivity contribution in [1.29, 1.82) is 0 Å². The van der Waals surface area contributed by atoms with E-state index in [1.807, 2.05) is 42.6 Å². The zero-order valence-corrected chi connectivity index (χ0v) is 18.1. The fourth-order valence-electron chi connectivity index (χ4n) is 3.88. The standard InChI is InChI=1S/C25H26BrNO2/c26-24-10-5-15-27-25(24)18-29-22-13-11-20(12-14-22)21-8-4-9-23(16-21)28-17-19-6-2-1-3-7-19/h1-10,15-16,20,22H,11-14,17-18H2.